The van der Waals surface area contributed by atoms with E-state index in [1.54, 1.807) is 5.41 Å². The highest BCUT2D eigenvalue weighted by atomic mass is 32.3. The minimum absolute atomic E-state index is 0.0225. The summed E-state index contributed by atoms with van der Waals surface area (Å²) >= 11 is 0. The number of carboxylic acid groups (broad SMARTS) is 1. The van der Waals surface area contributed by atoms with E-state index in [1.165, 1.54) is 0 Å². The van der Waals surface area contributed by atoms with Crippen LogP contribution in [0, 0.1) is 19.8 Å². The number of nitrogens with one attached hydrogen (secondary N) is 2. The lowest BCUT2D eigenvalue weighted by molar-refractivity contribution is -0.132. The average molecular weight is 512 g/mol. The van der Waals surface area contributed by atoms with Crippen molar-refractivity contribution in [2.24, 2.45) is 16.6 Å². The van der Waals surface area contributed by atoms with E-state index in [0.717, 1.165) is 34.4 Å². The van der Waals surface area contributed by atoms with Crippen LogP contribution in [-0.4, -0.2) is 38.8 Å². The summed E-state index contributed by atoms with van der Waals surface area (Å²) in [5, 5.41) is 17.5. The molecule has 0 spiro atoms. The molecule has 9 heteroatoms. The maximum absolute atomic E-state index is 13.3. The van der Waals surface area contributed by atoms with Crippen LogP contribution in [0.4, 0.5) is 10.5 Å². The van der Waals surface area contributed by atoms with Gasteiger partial charge in [0.15, 0.2) is 10.9 Å². The number of aromatic nitrogens is 1. The first-order valence-corrected chi connectivity index (χ1v) is 14.3. The number of aliphatic imine (C=N–C) groups is 1. The molecule has 2 aromatic rings. The maximum atomic E-state index is 13.3. The van der Waals surface area contributed by atoms with Crippen molar-refractivity contribution in [3.63, 3.8) is 0 Å². The number of carbonyl (C=O) groups excluding carboxylic acids is 1. The van der Waals surface area contributed by atoms with Gasteiger partial charge in [0.2, 0.25) is 0 Å². The van der Waals surface area contributed by atoms with E-state index in [0.29, 0.717) is 34.0 Å². The van der Waals surface area contributed by atoms with Crippen molar-refractivity contribution in [3.05, 3.63) is 57.9 Å². The van der Waals surface area contributed by atoms with Crippen molar-refractivity contribution in [3.8, 4) is 11.1 Å². The first-order chi connectivity index (χ1) is 17.0. The molecule has 2 amide bonds. The molecule has 8 nitrogen and oxygen atoms in total. The third-order valence-corrected chi connectivity index (χ3v) is 10.1. The van der Waals surface area contributed by atoms with Crippen LogP contribution in [0.5, 0.6) is 0 Å². The number of benzene rings is 1. The van der Waals surface area contributed by atoms with Gasteiger partial charge in [-0.1, -0.05) is 57.5 Å². The molecule has 0 radical (unpaired) electrons. The Kier molecular flexibility index (Phi) is 8.58. The summed E-state index contributed by atoms with van der Waals surface area (Å²) < 4.78 is 0. The molecule has 194 valence electrons. The molecule has 1 aromatic carbocycles. The van der Waals surface area contributed by atoms with Crippen LogP contribution >= 0.6 is 10.0 Å². The van der Waals surface area contributed by atoms with Crippen LogP contribution in [0.3, 0.4) is 0 Å². The van der Waals surface area contributed by atoms with Gasteiger partial charge in [-0.05, 0) is 54.2 Å². The number of carboxylic acids is 1. The minimum atomic E-state index is -1.67. The molecule has 1 aliphatic heterocycles. The predicted molar refractivity (Wildman–Crippen MR) is 150 cm³/mol. The van der Waals surface area contributed by atoms with Gasteiger partial charge in [-0.15, -0.1) is 0 Å². The summed E-state index contributed by atoms with van der Waals surface area (Å²) in [7, 11) is -1.67. The van der Waals surface area contributed by atoms with Crippen LogP contribution in [0.15, 0.2) is 40.4 Å². The minimum Gasteiger partial charge on any atom is -0.476 e. The molecule has 0 saturated carbocycles. The van der Waals surface area contributed by atoms with E-state index in [4.69, 9.17) is 10.7 Å². The molecule has 5 N–H and O–H groups in total. The Hall–Kier alpha value is -3.17. The SMILES string of the molecule is CCS1(CC)C=C(C(=O)O)N=C1NC(=O)Nc1c(C)nc(CC(C)C)c(CN)c1-c1ccc(C)cc1. The van der Waals surface area contributed by atoms with Gasteiger partial charge in [-0.3, -0.25) is 10.3 Å². The lowest BCUT2D eigenvalue weighted by Gasteiger charge is -2.32. The summed E-state index contributed by atoms with van der Waals surface area (Å²) in [6, 6.07) is 7.64. The number of carbonyl (C=O) groups is 2. The van der Waals surface area contributed by atoms with E-state index in [9.17, 15) is 14.7 Å². The fraction of sp³-hybridized carbons (Fsp3) is 0.407. The number of nitrogens with two attached hydrogens (primary N) is 1. The Morgan fingerprint density at radius 2 is 1.72 bits per heavy atom. The van der Waals surface area contributed by atoms with Gasteiger partial charge in [0, 0.05) is 17.8 Å². The standard InChI is InChI=1S/C27H37N5O3S/c1-7-36(8-2)15-22(25(33)34)30-27(36)32-26(35)31-24-18(6)29-21(13-16(3)4)20(14-28)23(24)19-11-9-17(5)10-12-19/h9-12,15-16H,7-8,13-14,28H2,1-6H3,(H,33,34)(H2,30,31,32,35). The Balaban J connectivity index is 2.05. The lowest BCUT2D eigenvalue weighted by Crippen LogP contribution is -2.37. The topological polar surface area (TPSA) is 130 Å². The Bertz CT molecular complexity index is 1210. The Labute approximate surface area is 214 Å². The van der Waals surface area contributed by atoms with Gasteiger partial charge < -0.3 is 16.2 Å². The quantitative estimate of drug-likeness (QED) is 0.383. The van der Waals surface area contributed by atoms with Gasteiger partial charge in [0.1, 0.15) is 0 Å². The second kappa shape index (κ2) is 11.3. The number of rotatable bonds is 8. The van der Waals surface area contributed by atoms with E-state index in [-0.39, 0.29) is 12.2 Å². The summed E-state index contributed by atoms with van der Waals surface area (Å²) in [6.07, 6.45) is 0.776. The number of pyridine rings is 1. The summed E-state index contributed by atoms with van der Waals surface area (Å²) in [6.45, 7) is 12.4. The number of hydrogen-bond donors (Lipinski definition) is 4. The normalized spacial score (nSPS) is 15.3. The molecule has 1 aliphatic rings. The van der Waals surface area contributed by atoms with Crippen molar-refractivity contribution >= 4 is 32.9 Å². The third kappa shape index (κ3) is 5.63. The number of aliphatic carboxylic acids is 1. The molecule has 0 fully saturated rings. The lowest BCUT2D eigenvalue weighted by atomic mass is 9.92. The zero-order valence-corrected chi connectivity index (χ0v) is 22.8. The Morgan fingerprint density at radius 3 is 2.25 bits per heavy atom. The summed E-state index contributed by atoms with van der Waals surface area (Å²) in [4.78, 5) is 34.0. The molecule has 36 heavy (non-hydrogen) atoms. The molecule has 3 rings (SSSR count). The smallest absolute Gasteiger partial charge is 0.355 e. The molecule has 0 aliphatic carbocycles. The molecular weight excluding hydrogens is 474 g/mol. The van der Waals surface area contributed by atoms with E-state index < -0.39 is 22.0 Å². The molecule has 0 atom stereocenters. The Morgan fingerprint density at radius 1 is 1.08 bits per heavy atom. The fourth-order valence-electron chi connectivity index (χ4n) is 4.38. The molecule has 0 bridgehead atoms. The van der Waals surface area contributed by atoms with Crippen LogP contribution in [-0.2, 0) is 17.8 Å². The average Bonchev–Trinajstić information content (AvgIpc) is 3.19. The number of hydrogen-bond acceptors (Lipinski definition) is 5. The van der Waals surface area contributed by atoms with Crippen LogP contribution in [0.25, 0.3) is 11.1 Å². The van der Waals surface area contributed by atoms with Crippen molar-refractivity contribution in [2.45, 2.75) is 54.5 Å². The van der Waals surface area contributed by atoms with Gasteiger partial charge in [-0.2, -0.15) is 10.0 Å². The number of aryl methyl sites for hydroxylation is 2. The number of urea groups is 1. The fourth-order valence-corrected chi connectivity index (χ4v) is 6.94. The van der Waals surface area contributed by atoms with E-state index in [2.05, 4.69) is 29.5 Å². The number of amidine groups is 1. The van der Waals surface area contributed by atoms with Gasteiger partial charge in [0.25, 0.3) is 0 Å². The maximum Gasteiger partial charge on any atom is 0.355 e. The van der Waals surface area contributed by atoms with Gasteiger partial charge in [0.05, 0.1) is 11.4 Å². The second-order valence-electron chi connectivity index (χ2n) is 9.37. The monoisotopic (exact) mass is 511 g/mol. The number of amides is 2. The number of nitrogens with zero attached hydrogens (tertiary/aromatic N) is 2. The van der Waals surface area contributed by atoms with Crippen molar-refractivity contribution in [2.75, 3.05) is 16.8 Å². The zero-order chi connectivity index (χ0) is 26.6. The highest BCUT2D eigenvalue weighted by molar-refractivity contribution is 8.47. The largest absolute Gasteiger partial charge is 0.476 e. The van der Waals surface area contributed by atoms with Crippen molar-refractivity contribution < 1.29 is 14.7 Å². The zero-order valence-electron chi connectivity index (χ0n) is 21.9. The molecular formula is C27H37N5O3S. The molecule has 1 aromatic heterocycles. The first kappa shape index (κ1) is 27.4. The first-order valence-electron chi connectivity index (χ1n) is 12.2. The van der Waals surface area contributed by atoms with Crippen LogP contribution in [0.2, 0.25) is 0 Å². The molecule has 0 saturated heterocycles. The van der Waals surface area contributed by atoms with E-state index in [1.807, 2.05) is 52.0 Å². The molecule has 2 heterocycles. The molecule has 0 unspecified atom stereocenters. The second-order valence-corrected chi connectivity index (χ2v) is 13.0. The van der Waals surface area contributed by atoms with Crippen molar-refractivity contribution in [1.29, 1.82) is 0 Å². The predicted octanol–water partition coefficient (Wildman–Crippen LogP) is 5.28. The number of anilines is 1. The highest BCUT2D eigenvalue weighted by Gasteiger charge is 2.34. The van der Waals surface area contributed by atoms with E-state index >= 15 is 0 Å². The van der Waals surface area contributed by atoms with Crippen LogP contribution in [0.1, 0.15) is 50.2 Å². The van der Waals surface area contributed by atoms with Gasteiger partial charge >= 0.3 is 12.0 Å². The third-order valence-electron chi connectivity index (χ3n) is 6.36. The van der Waals surface area contributed by atoms with Crippen molar-refractivity contribution in [1.82, 2.24) is 10.3 Å². The summed E-state index contributed by atoms with van der Waals surface area (Å²) in [5.41, 5.74) is 12.3. The summed E-state index contributed by atoms with van der Waals surface area (Å²) in [5.74, 6) is 0.678. The van der Waals surface area contributed by atoms with Gasteiger partial charge in [-0.25, -0.2) is 14.6 Å². The highest BCUT2D eigenvalue weighted by Crippen LogP contribution is 2.54. The van der Waals surface area contributed by atoms with Crippen LogP contribution < -0.4 is 16.4 Å².